The van der Waals surface area contributed by atoms with Gasteiger partial charge in [0.2, 0.25) is 0 Å². The third-order valence-electron chi connectivity index (χ3n) is 3.02. The number of nitrogens with one attached hydrogen (secondary N) is 1. The Balaban J connectivity index is 3.67. The standard InChI is InChI=1S/C17H33NO4/c1-13(2)8-10-21-15(19)7-9-18-16(20)22-12-14(3)11-17(4,5)6/h13-14H,7-12H2,1-6H3,(H,18,20). The molecule has 0 bridgehead atoms. The van der Waals surface area contributed by atoms with Gasteiger partial charge in [-0.15, -0.1) is 0 Å². The molecule has 0 aliphatic heterocycles. The number of rotatable bonds is 9. The molecule has 0 spiro atoms. The molecule has 1 amide bonds. The molecule has 0 aromatic carbocycles. The molecule has 130 valence electrons. The van der Waals surface area contributed by atoms with E-state index in [1.807, 2.05) is 0 Å². The molecule has 0 aromatic rings. The predicted octanol–water partition coefficient (Wildman–Crippen LogP) is 3.76. The summed E-state index contributed by atoms with van der Waals surface area (Å²) in [5.74, 6) is 0.532. The van der Waals surface area contributed by atoms with Crippen molar-refractivity contribution in [3.63, 3.8) is 0 Å². The molecular weight excluding hydrogens is 282 g/mol. The highest BCUT2D eigenvalue weighted by molar-refractivity contribution is 5.71. The van der Waals surface area contributed by atoms with E-state index >= 15 is 0 Å². The fraction of sp³-hybridized carbons (Fsp3) is 0.882. The van der Waals surface area contributed by atoms with E-state index in [1.54, 1.807) is 0 Å². The van der Waals surface area contributed by atoms with Gasteiger partial charge in [-0.1, -0.05) is 41.5 Å². The highest BCUT2D eigenvalue weighted by atomic mass is 16.5. The Morgan fingerprint density at radius 3 is 2.27 bits per heavy atom. The lowest BCUT2D eigenvalue weighted by Crippen LogP contribution is -2.29. The molecule has 0 heterocycles. The minimum atomic E-state index is -0.476. The highest BCUT2D eigenvalue weighted by Gasteiger charge is 2.16. The maximum absolute atomic E-state index is 11.5. The lowest BCUT2D eigenvalue weighted by molar-refractivity contribution is -0.143. The predicted molar refractivity (Wildman–Crippen MR) is 87.6 cm³/mol. The molecule has 0 aliphatic rings. The second-order valence-corrected chi connectivity index (χ2v) is 7.55. The molecule has 1 N–H and O–H groups in total. The van der Waals surface area contributed by atoms with E-state index in [0.717, 1.165) is 12.8 Å². The Hall–Kier alpha value is -1.26. The third-order valence-corrected chi connectivity index (χ3v) is 3.02. The van der Waals surface area contributed by atoms with Crippen molar-refractivity contribution < 1.29 is 19.1 Å². The Labute approximate surface area is 135 Å². The molecular formula is C17H33NO4. The average molecular weight is 315 g/mol. The molecule has 0 aliphatic carbocycles. The molecule has 0 rings (SSSR count). The van der Waals surface area contributed by atoms with Gasteiger partial charge in [-0.25, -0.2) is 4.79 Å². The van der Waals surface area contributed by atoms with Gasteiger partial charge in [0.05, 0.1) is 19.6 Å². The van der Waals surface area contributed by atoms with Crippen LogP contribution in [0, 0.1) is 17.3 Å². The molecule has 0 saturated heterocycles. The van der Waals surface area contributed by atoms with Gasteiger partial charge in [0, 0.05) is 6.54 Å². The minimum absolute atomic E-state index is 0.171. The van der Waals surface area contributed by atoms with Gasteiger partial charge in [-0.3, -0.25) is 4.79 Å². The minimum Gasteiger partial charge on any atom is -0.466 e. The van der Waals surface area contributed by atoms with Crippen molar-refractivity contribution in [3.8, 4) is 0 Å². The van der Waals surface area contributed by atoms with E-state index in [4.69, 9.17) is 9.47 Å². The van der Waals surface area contributed by atoms with Gasteiger partial charge < -0.3 is 14.8 Å². The Morgan fingerprint density at radius 2 is 1.73 bits per heavy atom. The van der Waals surface area contributed by atoms with Gasteiger partial charge in [0.15, 0.2) is 0 Å². The summed E-state index contributed by atoms with van der Waals surface area (Å²) in [6.45, 7) is 13.8. The lowest BCUT2D eigenvalue weighted by Gasteiger charge is -2.22. The van der Waals surface area contributed by atoms with Crippen LogP contribution in [0.3, 0.4) is 0 Å². The Morgan fingerprint density at radius 1 is 1.09 bits per heavy atom. The van der Waals surface area contributed by atoms with Crippen LogP contribution in [-0.2, 0) is 14.3 Å². The van der Waals surface area contributed by atoms with Crippen molar-refractivity contribution >= 4 is 12.1 Å². The number of amides is 1. The van der Waals surface area contributed by atoms with Crippen molar-refractivity contribution in [1.29, 1.82) is 0 Å². The first kappa shape index (κ1) is 20.7. The van der Waals surface area contributed by atoms with Crippen molar-refractivity contribution in [3.05, 3.63) is 0 Å². The fourth-order valence-corrected chi connectivity index (χ4v) is 2.12. The topological polar surface area (TPSA) is 64.6 Å². The summed E-state index contributed by atoms with van der Waals surface area (Å²) < 4.78 is 10.2. The van der Waals surface area contributed by atoms with E-state index in [2.05, 4.69) is 46.9 Å². The first-order chi connectivity index (χ1) is 10.1. The second kappa shape index (κ2) is 10.5. The summed E-state index contributed by atoms with van der Waals surface area (Å²) in [6, 6.07) is 0. The SMILES string of the molecule is CC(C)CCOC(=O)CCNC(=O)OCC(C)CC(C)(C)C. The Kier molecular flexibility index (Phi) is 9.86. The van der Waals surface area contributed by atoms with E-state index < -0.39 is 6.09 Å². The van der Waals surface area contributed by atoms with Gasteiger partial charge in [-0.05, 0) is 30.1 Å². The molecule has 5 heteroatoms. The summed E-state index contributed by atoms with van der Waals surface area (Å²) in [7, 11) is 0. The second-order valence-electron chi connectivity index (χ2n) is 7.55. The van der Waals surface area contributed by atoms with Crippen LogP contribution in [0.15, 0.2) is 0 Å². The zero-order valence-electron chi connectivity index (χ0n) is 15.0. The Bertz CT molecular complexity index is 334. The number of hydrogen-bond donors (Lipinski definition) is 1. The molecule has 0 aromatic heterocycles. The summed E-state index contributed by atoms with van der Waals surface area (Å²) in [6.07, 6.45) is 1.54. The monoisotopic (exact) mass is 315 g/mol. The van der Waals surface area contributed by atoms with Gasteiger partial charge in [-0.2, -0.15) is 0 Å². The van der Waals surface area contributed by atoms with Crippen molar-refractivity contribution in [2.75, 3.05) is 19.8 Å². The molecule has 5 nitrogen and oxygen atoms in total. The smallest absolute Gasteiger partial charge is 0.407 e. The number of esters is 1. The van der Waals surface area contributed by atoms with E-state index in [0.29, 0.717) is 25.0 Å². The zero-order valence-corrected chi connectivity index (χ0v) is 15.0. The quantitative estimate of drug-likeness (QED) is 0.658. The summed E-state index contributed by atoms with van der Waals surface area (Å²) >= 11 is 0. The molecule has 22 heavy (non-hydrogen) atoms. The van der Waals surface area contributed by atoms with Crippen LogP contribution in [0.5, 0.6) is 0 Å². The molecule has 1 unspecified atom stereocenters. The van der Waals surface area contributed by atoms with Gasteiger partial charge in [0.25, 0.3) is 0 Å². The van der Waals surface area contributed by atoms with Crippen LogP contribution in [0.25, 0.3) is 0 Å². The fourth-order valence-electron chi connectivity index (χ4n) is 2.12. The number of hydrogen-bond acceptors (Lipinski definition) is 4. The third kappa shape index (κ3) is 13.7. The van der Waals surface area contributed by atoms with Gasteiger partial charge >= 0.3 is 12.1 Å². The zero-order chi connectivity index (χ0) is 17.2. The van der Waals surface area contributed by atoms with Crippen LogP contribution in [-0.4, -0.2) is 31.8 Å². The number of ether oxygens (including phenoxy) is 2. The maximum atomic E-state index is 11.5. The summed E-state index contributed by atoms with van der Waals surface area (Å²) in [5, 5.41) is 2.57. The highest BCUT2D eigenvalue weighted by Crippen LogP contribution is 2.24. The van der Waals surface area contributed by atoms with E-state index in [-0.39, 0.29) is 24.3 Å². The number of carbonyl (C=O) groups is 2. The number of alkyl carbamates (subject to hydrolysis) is 1. The van der Waals surface area contributed by atoms with Crippen LogP contribution in [0.1, 0.15) is 60.8 Å². The van der Waals surface area contributed by atoms with Crippen molar-refractivity contribution in [2.45, 2.75) is 60.8 Å². The van der Waals surface area contributed by atoms with Crippen LogP contribution in [0.4, 0.5) is 4.79 Å². The van der Waals surface area contributed by atoms with Crippen molar-refractivity contribution in [1.82, 2.24) is 5.32 Å². The van der Waals surface area contributed by atoms with Crippen LogP contribution < -0.4 is 5.32 Å². The lowest BCUT2D eigenvalue weighted by atomic mass is 9.86. The van der Waals surface area contributed by atoms with Crippen LogP contribution in [0.2, 0.25) is 0 Å². The maximum Gasteiger partial charge on any atom is 0.407 e. The van der Waals surface area contributed by atoms with Crippen molar-refractivity contribution in [2.24, 2.45) is 17.3 Å². The number of carbonyl (C=O) groups excluding carboxylic acids is 2. The van der Waals surface area contributed by atoms with E-state index in [1.165, 1.54) is 0 Å². The largest absolute Gasteiger partial charge is 0.466 e. The van der Waals surface area contributed by atoms with E-state index in [9.17, 15) is 9.59 Å². The van der Waals surface area contributed by atoms with Crippen LogP contribution >= 0.6 is 0 Å². The molecule has 0 saturated carbocycles. The summed E-state index contributed by atoms with van der Waals surface area (Å²) in [4.78, 5) is 22.9. The normalized spacial score (nSPS) is 12.9. The summed E-state index contributed by atoms with van der Waals surface area (Å²) in [5.41, 5.74) is 0.221. The molecule has 0 fully saturated rings. The average Bonchev–Trinajstić information content (AvgIpc) is 2.34. The van der Waals surface area contributed by atoms with Gasteiger partial charge in [0.1, 0.15) is 0 Å². The molecule has 1 atom stereocenters. The first-order valence-electron chi connectivity index (χ1n) is 8.16. The molecule has 0 radical (unpaired) electrons. The first-order valence-corrected chi connectivity index (χ1v) is 8.16.